The van der Waals surface area contributed by atoms with Crippen LogP contribution in [0.4, 0.5) is 5.69 Å². The Morgan fingerprint density at radius 1 is 1.11 bits per heavy atom. The van der Waals surface area contributed by atoms with E-state index in [1.165, 1.54) is 18.5 Å². The van der Waals surface area contributed by atoms with Gasteiger partial charge in [-0.05, 0) is 49.9 Å². The number of rotatable bonds is 6. The van der Waals surface area contributed by atoms with Crippen molar-refractivity contribution in [3.63, 3.8) is 0 Å². The molecule has 2 aliphatic heterocycles. The van der Waals surface area contributed by atoms with Crippen LogP contribution < -0.4 is 15.5 Å². The number of anilines is 1. The van der Waals surface area contributed by atoms with Crippen LogP contribution in [0.3, 0.4) is 0 Å². The summed E-state index contributed by atoms with van der Waals surface area (Å²) < 4.78 is 0. The zero-order valence-corrected chi connectivity index (χ0v) is 16.4. The highest BCUT2D eigenvalue weighted by Gasteiger charge is 2.20. The molecule has 3 rings (SSSR count). The lowest BCUT2D eigenvalue weighted by Gasteiger charge is -2.36. The molecule has 6 nitrogen and oxygen atoms in total. The molecular formula is C21H32N4O2. The summed E-state index contributed by atoms with van der Waals surface area (Å²) in [6, 6.07) is 8.25. The molecule has 0 aromatic heterocycles. The molecular weight excluding hydrogens is 340 g/mol. The van der Waals surface area contributed by atoms with Gasteiger partial charge in [-0.15, -0.1) is 0 Å². The van der Waals surface area contributed by atoms with Crippen LogP contribution in [0.2, 0.25) is 0 Å². The molecule has 0 spiro atoms. The van der Waals surface area contributed by atoms with E-state index < -0.39 is 0 Å². The van der Waals surface area contributed by atoms with Crippen LogP contribution in [0.5, 0.6) is 0 Å². The van der Waals surface area contributed by atoms with Crippen molar-refractivity contribution in [2.24, 2.45) is 5.92 Å². The molecule has 2 aliphatic rings. The number of para-hydroxylation sites is 1. The van der Waals surface area contributed by atoms with E-state index in [0.29, 0.717) is 18.9 Å². The minimum Gasteiger partial charge on any atom is -0.368 e. The number of hydrogen-bond donors (Lipinski definition) is 2. The maximum Gasteiger partial charge on any atom is 0.220 e. The smallest absolute Gasteiger partial charge is 0.220 e. The van der Waals surface area contributed by atoms with Crippen LogP contribution in [0.25, 0.3) is 0 Å². The van der Waals surface area contributed by atoms with Gasteiger partial charge in [0, 0.05) is 51.8 Å². The van der Waals surface area contributed by atoms with Gasteiger partial charge in [-0.3, -0.25) is 9.59 Å². The highest BCUT2D eigenvalue weighted by molar-refractivity contribution is 5.76. The van der Waals surface area contributed by atoms with Gasteiger partial charge in [0.25, 0.3) is 0 Å². The van der Waals surface area contributed by atoms with Crippen LogP contribution in [0.15, 0.2) is 24.3 Å². The predicted molar refractivity (Wildman–Crippen MR) is 108 cm³/mol. The molecule has 2 N–H and O–H groups in total. The Hall–Kier alpha value is -2.08. The van der Waals surface area contributed by atoms with Gasteiger partial charge in [-0.2, -0.15) is 0 Å². The number of amides is 2. The minimum absolute atomic E-state index is 0.143. The van der Waals surface area contributed by atoms with E-state index in [2.05, 4.69) is 27.7 Å². The highest BCUT2D eigenvalue weighted by atomic mass is 16.2. The number of piperidine rings is 1. The Bertz CT molecular complexity index is 635. The fraction of sp³-hybridized carbons (Fsp3) is 0.619. The number of piperazine rings is 1. The zero-order chi connectivity index (χ0) is 19.1. The van der Waals surface area contributed by atoms with Crippen molar-refractivity contribution in [3.8, 4) is 0 Å². The fourth-order valence-corrected chi connectivity index (χ4v) is 4.02. The Morgan fingerprint density at radius 3 is 2.52 bits per heavy atom. The second kappa shape index (κ2) is 9.74. The van der Waals surface area contributed by atoms with Crippen molar-refractivity contribution in [2.75, 3.05) is 44.2 Å². The van der Waals surface area contributed by atoms with Crippen molar-refractivity contribution < 1.29 is 9.59 Å². The molecule has 0 aliphatic carbocycles. The molecule has 0 bridgehead atoms. The summed E-state index contributed by atoms with van der Waals surface area (Å²) in [5, 5.41) is 6.47. The summed E-state index contributed by atoms with van der Waals surface area (Å²) in [5.41, 5.74) is 2.31. The molecule has 6 heteroatoms. The van der Waals surface area contributed by atoms with Gasteiger partial charge >= 0.3 is 0 Å². The van der Waals surface area contributed by atoms with Crippen LogP contribution in [-0.2, 0) is 16.1 Å². The number of nitrogens with zero attached hydrogens (tertiary/aromatic N) is 2. The molecule has 27 heavy (non-hydrogen) atoms. The molecule has 2 heterocycles. The molecule has 1 aromatic carbocycles. The first-order valence-corrected chi connectivity index (χ1v) is 10.2. The molecule has 0 saturated carbocycles. The molecule has 0 radical (unpaired) electrons. The summed E-state index contributed by atoms with van der Waals surface area (Å²) in [6.07, 6.45) is 3.97. The predicted octanol–water partition coefficient (Wildman–Crippen LogP) is 1.75. The van der Waals surface area contributed by atoms with Crippen LogP contribution in [-0.4, -0.2) is 56.0 Å². The van der Waals surface area contributed by atoms with Gasteiger partial charge in [0.15, 0.2) is 0 Å². The van der Waals surface area contributed by atoms with Gasteiger partial charge in [-0.1, -0.05) is 18.2 Å². The molecule has 0 atom stereocenters. The third kappa shape index (κ3) is 5.70. The Kier molecular flexibility index (Phi) is 7.10. The normalized spacial score (nSPS) is 18.4. The number of carbonyl (C=O) groups is 2. The topological polar surface area (TPSA) is 64.7 Å². The number of benzene rings is 1. The Balaban J connectivity index is 1.49. The zero-order valence-electron chi connectivity index (χ0n) is 16.4. The van der Waals surface area contributed by atoms with E-state index in [0.717, 1.165) is 51.3 Å². The van der Waals surface area contributed by atoms with Gasteiger partial charge < -0.3 is 20.4 Å². The summed E-state index contributed by atoms with van der Waals surface area (Å²) >= 11 is 0. The third-order valence-corrected chi connectivity index (χ3v) is 5.77. The second-order valence-electron chi connectivity index (χ2n) is 7.63. The molecule has 148 valence electrons. The van der Waals surface area contributed by atoms with E-state index >= 15 is 0 Å². The van der Waals surface area contributed by atoms with E-state index in [1.807, 2.05) is 17.0 Å². The first-order valence-electron chi connectivity index (χ1n) is 10.2. The molecule has 2 saturated heterocycles. The van der Waals surface area contributed by atoms with Gasteiger partial charge in [-0.25, -0.2) is 0 Å². The van der Waals surface area contributed by atoms with E-state index in [1.54, 1.807) is 6.92 Å². The molecule has 2 fully saturated rings. The third-order valence-electron chi connectivity index (χ3n) is 5.77. The largest absolute Gasteiger partial charge is 0.368 e. The van der Waals surface area contributed by atoms with Crippen molar-refractivity contribution >= 4 is 17.5 Å². The quantitative estimate of drug-likeness (QED) is 0.799. The lowest BCUT2D eigenvalue weighted by Crippen LogP contribution is -2.48. The first kappa shape index (κ1) is 19.7. The van der Waals surface area contributed by atoms with Crippen LogP contribution in [0.1, 0.15) is 38.2 Å². The summed E-state index contributed by atoms with van der Waals surface area (Å²) in [4.78, 5) is 28.0. The maximum absolute atomic E-state index is 12.3. The standard InChI is InChI=1S/C21H32N4O2/c1-17(26)24-12-14-25(15-13-24)20-5-3-2-4-19(20)16-23-21(27)7-6-18-8-10-22-11-9-18/h2-5,18,22H,6-16H2,1H3,(H,23,27). The van der Waals surface area contributed by atoms with Gasteiger partial charge in [0.1, 0.15) is 0 Å². The minimum atomic E-state index is 0.143. The summed E-state index contributed by atoms with van der Waals surface area (Å²) in [5.74, 6) is 0.968. The van der Waals surface area contributed by atoms with Crippen molar-refractivity contribution in [3.05, 3.63) is 29.8 Å². The Labute approximate surface area is 162 Å². The summed E-state index contributed by atoms with van der Waals surface area (Å²) in [7, 11) is 0. The molecule has 0 unspecified atom stereocenters. The van der Waals surface area contributed by atoms with Gasteiger partial charge in [0.2, 0.25) is 11.8 Å². The van der Waals surface area contributed by atoms with Crippen LogP contribution in [0, 0.1) is 5.92 Å². The summed E-state index contributed by atoms with van der Waals surface area (Å²) in [6.45, 7) is 7.53. The number of nitrogens with one attached hydrogen (secondary N) is 2. The van der Waals surface area contributed by atoms with Gasteiger partial charge in [0.05, 0.1) is 0 Å². The van der Waals surface area contributed by atoms with Crippen molar-refractivity contribution in [1.29, 1.82) is 0 Å². The lowest BCUT2D eigenvalue weighted by molar-refractivity contribution is -0.129. The average Bonchev–Trinajstić information content (AvgIpc) is 2.72. The first-order chi connectivity index (χ1) is 13.1. The average molecular weight is 373 g/mol. The van der Waals surface area contributed by atoms with Crippen LogP contribution >= 0.6 is 0 Å². The second-order valence-corrected chi connectivity index (χ2v) is 7.63. The SMILES string of the molecule is CC(=O)N1CCN(c2ccccc2CNC(=O)CCC2CCNCC2)CC1. The molecule has 2 amide bonds. The number of carbonyl (C=O) groups excluding carboxylic acids is 2. The van der Waals surface area contributed by atoms with Crippen molar-refractivity contribution in [1.82, 2.24) is 15.5 Å². The van der Waals surface area contributed by atoms with E-state index in [4.69, 9.17) is 0 Å². The van der Waals surface area contributed by atoms with E-state index in [-0.39, 0.29) is 11.8 Å². The fourth-order valence-electron chi connectivity index (χ4n) is 4.02. The lowest BCUT2D eigenvalue weighted by atomic mass is 9.93. The number of hydrogen-bond acceptors (Lipinski definition) is 4. The highest BCUT2D eigenvalue weighted by Crippen LogP contribution is 2.22. The van der Waals surface area contributed by atoms with E-state index in [9.17, 15) is 9.59 Å². The Morgan fingerprint density at radius 2 is 1.81 bits per heavy atom. The molecule has 1 aromatic rings. The van der Waals surface area contributed by atoms with Crippen molar-refractivity contribution in [2.45, 2.75) is 39.2 Å². The monoisotopic (exact) mass is 372 g/mol. The maximum atomic E-state index is 12.3.